The number of anilines is 2. The van der Waals surface area contributed by atoms with Crippen molar-refractivity contribution in [1.82, 2.24) is 0 Å². The van der Waals surface area contributed by atoms with Crippen LogP contribution >= 0.6 is 0 Å². The van der Waals surface area contributed by atoms with Gasteiger partial charge in [0.2, 0.25) is 0 Å². The summed E-state index contributed by atoms with van der Waals surface area (Å²) in [7, 11) is 0. The maximum atomic E-state index is 13.1. The average Bonchev–Trinajstić information content (AvgIpc) is 3.26. The first-order valence-electron chi connectivity index (χ1n) is 10.4. The third kappa shape index (κ3) is 3.91. The second kappa shape index (κ2) is 8.12. The largest absolute Gasteiger partial charge is 0.371 e. The Morgan fingerprint density at radius 3 is 2.24 bits per heavy atom. The molecule has 1 fully saturated rings. The van der Waals surface area contributed by atoms with E-state index in [-0.39, 0.29) is 5.91 Å². The van der Waals surface area contributed by atoms with Crippen LogP contribution in [0.4, 0.5) is 11.4 Å². The van der Waals surface area contributed by atoms with Gasteiger partial charge in [0.15, 0.2) is 0 Å². The van der Waals surface area contributed by atoms with Gasteiger partial charge < -0.3 is 10.2 Å². The highest BCUT2D eigenvalue weighted by atomic mass is 16.1. The van der Waals surface area contributed by atoms with Crippen LogP contribution < -0.4 is 10.2 Å². The zero-order valence-electron chi connectivity index (χ0n) is 17.5. The van der Waals surface area contributed by atoms with Crippen LogP contribution in [0.15, 0.2) is 60.7 Å². The fourth-order valence-electron chi connectivity index (χ4n) is 4.45. The Kier molecular flexibility index (Phi) is 5.39. The summed E-state index contributed by atoms with van der Waals surface area (Å²) in [6.45, 7) is 8.56. The van der Waals surface area contributed by atoms with Crippen LogP contribution in [0.5, 0.6) is 0 Å². The van der Waals surface area contributed by atoms with Crippen molar-refractivity contribution in [3.05, 3.63) is 82.9 Å². The summed E-state index contributed by atoms with van der Waals surface area (Å²) in [5.74, 6) is -0.0646. The van der Waals surface area contributed by atoms with Crippen molar-refractivity contribution in [3.8, 4) is 11.1 Å². The molecule has 0 radical (unpaired) electrons. The highest BCUT2D eigenvalue weighted by molar-refractivity contribution is 6.06. The molecule has 4 rings (SSSR count). The van der Waals surface area contributed by atoms with E-state index in [1.165, 1.54) is 24.1 Å². The zero-order chi connectivity index (χ0) is 20.4. The topological polar surface area (TPSA) is 32.3 Å². The summed E-state index contributed by atoms with van der Waals surface area (Å²) in [6.07, 6.45) is 2.47. The summed E-state index contributed by atoms with van der Waals surface area (Å²) in [6, 6.07) is 20.2. The van der Waals surface area contributed by atoms with Gasteiger partial charge in [-0.25, -0.2) is 0 Å². The van der Waals surface area contributed by atoms with E-state index < -0.39 is 0 Å². The number of carbonyl (C=O) groups is 1. The molecule has 0 saturated carbocycles. The van der Waals surface area contributed by atoms with Crippen LogP contribution in [-0.4, -0.2) is 19.0 Å². The van der Waals surface area contributed by atoms with Gasteiger partial charge in [0.25, 0.3) is 5.91 Å². The molecule has 3 heteroatoms. The molecule has 0 bridgehead atoms. The minimum Gasteiger partial charge on any atom is -0.371 e. The predicted molar refractivity (Wildman–Crippen MR) is 122 cm³/mol. The Labute approximate surface area is 173 Å². The van der Waals surface area contributed by atoms with Gasteiger partial charge in [-0.1, -0.05) is 48.5 Å². The van der Waals surface area contributed by atoms with Crippen LogP contribution in [0, 0.1) is 20.8 Å². The number of carbonyl (C=O) groups excluding carboxylic acids is 1. The van der Waals surface area contributed by atoms with Crippen molar-refractivity contribution in [2.45, 2.75) is 33.6 Å². The molecule has 0 spiro atoms. The number of aryl methyl sites for hydroxylation is 2. The first-order valence-corrected chi connectivity index (χ1v) is 10.4. The SMILES string of the molecule is Cc1cc(C)c(N2CCCC2)c(C)c1NC(=O)c1cccc(-c2ccccc2)c1. The molecule has 1 aliphatic rings. The quantitative estimate of drug-likeness (QED) is 0.587. The highest BCUT2D eigenvalue weighted by Crippen LogP contribution is 2.35. The molecule has 1 saturated heterocycles. The van der Waals surface area contributed by atoms with Crippen molar-refractivity contribution in [3.63, 3.8) is 0 Å². The normalized spacial score (nSPS) is 13.6. The fraction of sp³-hybridized carbons (Fsp3) is 0.269. The smallest absolute Gasteiger partial charge is 0.255 e. The van der Waals surface area contributed by atoms with Crippen molar-refractivity contribution in [1.29, 1.82) is 0 Å². The van der Waals surface area contributed by atoms with Crippen molar-refractivity contribution >= 4 is 17.3 Å². The monoisotopic (exact) mass is 384 g/mol. The molecule has 1 aliphatic heterocycles. The number of hydrogen-bond donors (Lipinski definition) is 1. The number of nitrogens with one attached hydrogen (secondary N) is 1. The molecule has 0 aromatic heterocycles. The molecule has 1 heterocycles. The van der Waals surface area contributed by atoms with Crippen molar-refractivity contribution in [2.75, 3.05) is 23.3 Å². The lowest BCUT2D eigenvalue weighted by molar-refractivity contribution is 0.102. The van der Waals surface area contributed by atoms with E-state index >= 15 is 0 Å². The highest BCUT2D eigenvalue weighted by Gasteiger charge is 2.21. The molecular formula is C26H28N2O. The van der Waals surface area contributed by atoms with Crippen LogP contribution in [-0.2, 0) is 0 Å². The van der Waals surface area contributed by atoms with Crippen LogP contribution in [0.1, 0.15) is 39.9 Å². The maximum Gasteiger partial charge on any atom is 0.255 e. The summed E-state index contributed by atoms with van der Waals surface area (Å²) in [5, 5.41) is 3.20. The van der Waals surface area contributed by atoms with E-state index in [2.05, 4.69) is 49.2 Å². The number of rotatable bonds is 4. The van der Waals surface area contributed by atoms with Gasteiger partial charge >= 0.3 is 0 Å². The standard InChI is InChI=1S/C26H28N2O/c1-18-16-19(2)25(28-14-7-8-15-28)20(3)24(18)27-26(29)23-13-9-12-22(17-23)21-10-5-4-6-11-21/h4-6,9-13,16-17H,7-8,14-15H2,1-3H3,(H,27,29). The Hall–Kier alpha value is -3.07. The van der Waals surface area contributed by atoms with E-state index in [0.717, 1.165) is 41.0 Å². The number of amides is 1. The molecule has 29 heavy (non-hydrogen) atoms. The second-order valence-electron chi connectivity index (χ2n) is 7.95. The van der Waals surface area contributed by atoms with Crippen molar-refractivity contribution in [2.24, 2.45) is 0 Å². The van der Waals surface area contributed by atoms with Gasteiger partial charge in [0.1, 0.15) is 0 Å². The first-order chi connectivity index (χ1) is 14.0. The Balaban J connectivity index is 1.64. The molecule has 0 unspecified atom stereocenters. The maximum absolute atomic E-state index is 13.1. The average molecular weight is 385 g/mol. The summed E-state index contributed by atoms with van der Waals surface area (Å²) in [4.78, 5) is 15.5. The molecule has 148 valence electrons. The summed E-state index contributed by atoms with van der Waals surface area (Å²) >= 11 is 0. The molecule has 0 atom stereocenters. The number of benzene rings is 3. The van der Waals surface area contributed by atoms with Crippen LogP contribution in [0.2, 0.25) is 0 Å². The molecule has 1 amide bonds. The van der Waals surface area contributed by atoms with E-state index in [4.69, 9.17) is 0 Å². The Bertz CT molecular complexity index is 1030. The lowest BCUT2D eigenvalue weighted by Crippen LogP contribution is -2.22. The lowest BCUT2D eigenvalue weighted by Gasteiger charge is -2.26. The number of hydrogen-bond acceptors (Lipinski definition) is 2. The molecule has 1 N–H and O–H groups in total. The Morgan fingerprint density at radius 1 is 0.828 bits per heavy atom. The molecule has 0 aliphatic carbocycles. The zero-order valence-corrected chi connectivity index (χ0v) is 17.5. The predicted octanol–water partition coefficient (Wildman–Crippen LogP) is 6.13. The lowest BCUT2D eigenvalue weighted by atomic mass is 10.00. The second-order valence-corrected chi connectivity index (χ2v) is 7.95. The first kappa shape index (κ1) is 19.3. The van der Waals surface area contributed by atoms with Crippen LogP contribution in [0.3, 0.4) is 0 Å². The van der Waals surface area contributed by atoms with E-state index in [9.17, 15) is 4.79 Å². The van der Waals surface area contributed by atoms with Crippen LogP contribution in [0.25, 0.3) is 11.1 Å². The van der Waals surface area contributed by atoms with E-state index in [1.54, 1.807) is 0 Å². The van der Waals surface area contributed by atoms with Gasteiger partial charge in [0.05, 0.1) is 0 Å². The van der Waals surface area contributed by atoms with Gasteiger partial charge in [-0.05, 0) is 73.6 Å². The molecule has 3 nitrogen and oxygen atoms in total. The third-order valence-electron chi connectivity index (χ3n) is 5.82. The van der Waals surface area contributed by atoms with E-state index in [0.29, 0.717) is 5.56 Å². The van der Waals surface area contributed by atoms with Gasteiger partial charge in [-0.3, -0.25) is 4.79 Å². The summed E-state index contributed by atoms with van der Waals surface area (Å²) in [5.41, 5.74) is 8.61. The molecule has 3 aromatic carbocycles. The van der Waals surface area contributed by atoms with Gasteiger partial charge in [-0.15, -0.1) is 0 Å². The minimum atomic E-state index is -0.0646. The third-order valence-corrected chi connectivity index (χ3v) is 5.82. The Morgan fingerprint density at radius 2 is 1.52 bits per heavy atom. The summed E-state index contributed by atoms with van der Waals surface area (Å²) < 4.78 is 0. The minimum absolute atomic E-state index is 0.0646. The van der Waals surface area contributed by atoms with Crippen molar-refractivity contribution < 1.29 is 4.79 Å². The number of nitrogens with zero attached hydrogens (tertiary/aromatic N) is 1. The van der Waals surface area contributed by atoms with E-state index in [1.807, 2.05) is 42.5 Å². The molecular weight excluding hydrogens is 356 g/mol. The molecule has 3 aromatic rings. The van der Waals surface area contributed by atoms with Gasteiger partial charge in [-0.2, -0.15) is 0 Å². The van der Waals surface area contributed by atoms with Gasteiger partial charge in [0, 0.05) is 30.0 Å². The fourth-order valence-corrected chi connectivity index (χ4v) is 4.45.